The van der Waals surface area contributed by atoms with E-state index in [2.05, 4.69) is 10.2 Å². The van der Waals surface area contributed by atoms with Gasteiger partial charge in [0.2, 0.25) is 0 Å². The molecule has 5 nitrogen and oxygen atoms in total. The number of alkyl halides is 3. The molecule has 2 aromatic carbocycles. The molecule has 4 aromatic rings. The second-order valence-corrected chi connectivity index (χ2v) is 5.54. The van der Waals surface area contributed by atoms with Crippen molar-refractivity contribution >= 4 is 27.9 Å². The molecule has 2 heterocycles. The van der Waals surface area contributed by atoms with Crippen LogP contribution in [0.1, 0.15) is 15.9 Å². The Morgan fingerprint density at radius 1 is 1.08 bits per heavy atom. The Morgan fingerprint density at radius 3 is 2.44 bits per heavy atom. The number of fused-ring (bicyclic) bond motifs is 3. The second-order valence-electron chi connectivity index (χ2n) is 5.54. The van der Waals surface area contributed by atoms with Crippen LogP contribution in [0.3, 0.4) is 0 Å². The van der Waals surface area contributed by atoms with Gasteiger partial charge >= 0.3 is 12.1 Å². The number of nitrogens with one attached hydrogen (secondary N) is 1. The highest BCUT2D eigenvalue weighted by atomic mass is 19.4. The summed E-state index contributed by atoms with van der Waals surface area (Å²) in [5.74, 6) is -1.05. The molecule has 4 rings (SSSR count). The van der Waals surface area contributed by atoms with Gasteiger partial charge in [-0.1, -0.05) is 0 Å². The van der Waals surface area contributed by atoms with E-state index in [4.69, 9.17) is 5.11 Å². The van der Waals surface area contributed by atoms with Gasteiger partial charge in [0.05, 0.1) is 16.6 Å². The molecule has 2 N–H and O–H groups in total. The lowest BCUT2D eigenvalue weighted by molar-refractivity contribution is -0.137. The van der Waals surface area contributed by atoms with E-state index in [-0.39, 0.29) is 5.56 Å². The summed E-state index contributed by atoms with van der Waals surface area (Å²) in [6.07, 6.45) is -2.78. The fourth-order valence-corrected chi connectivity index (χ4v) is 2.91. The highest BCUT2D eigenvalue weighted by molar-refractivity contribution is 6.09. The van der Waals surface area contributed by atoms with Crippen LogP contribution in [0.4, 0.5) is 13.2 Å². The van der Waals surface area contributed by atoms with Crippen molar-refractivity contribution in [3.63, 3.8) is 0 Å². The zero-order valence-corrected chi connectivity index (χ0v) is 12.5. The molecule has 0 aliphatic carbocycles. The Labute approximate surface area is 138 Å². The number of nitrogens with zero attached hydrogens (tertiary/aromatic N) is 2. The first-order valence-corrected chi connectivity index (χ1v) is 7.25. The van der Waals surface area contributed by atoms with E-state index in [0.29, 0.717) is 27.6 Å². The van der Waals surface area contributed by atoms with Crippen molar-refractivity contribution in [3.8, 4) is 5.69 Å². The summed E-state index contributed by atoms with van der Waals surface area (Å²) < 4.78 is 40.0. The maximum Gasteiger partial charge on any atom is 0.416 e. The van der Waals surface area contributed by atoms with Crippen molar-refractivity contribution in [2.24, 2.45) is 0 Å². The number of carboxylic acids is 1. The molecule has 25 heavy (non-hydrogen) atoms. The average molecular weight is 345 g/mol. The van der Waals surface area contributed by atoms with Crippen LogP contribution >= 0.6 is 0 Å². The largest absolute Gasteiger partial charge is 0.478 e. The Balaban J connectivity index is 1.97. The monoisotopic (exact) mass is 345 g/mol. The number of carboxylic acid groups (broad SMARTS) is 1. The summed E-state index contributed by atoms with van der Waals surface area (Å²) in [5.41, 5.74) is 1.07. The number of hydrogen-bond acceptors (Lipinski definition) is 2. The SMILES string of the molecule is O=C(O)c1ccc2c(c1)c1c[nH]nc1n2-c1ccc(C(F)(F)F)cc1. The number of aromatic amines is 1. The third-order valence-corrected chi connectivity index (χ3v) is 4.06. The molecule has 0 fully saturated rings. The number of rotatable bonds is 2. The first-order valence-electron chi connectivity index (χ1n) is 7.25. The van der Waals surface area contributed by atoms with Crippen LogP contribution in [0.15, 0.2) is 48.7 Å². The van der Waals surface area contributed by atoms with Gasteiger partial charge in [-0.05, 0) is 42.5 Å². The number of halogens is 3. The van der Waals surface area contributed by atoms with Crippen molar-refractivity contribution < 1.29 is 23.1 Å². The van der Waals surface area contributed by atoms with E-state index in [9.17, 15) is 18.0 Å². The molecule has 0 saturated heterocycles. The molecular weight excluding hydrogens is 335 g/mol. The molecule has 8 heteroatoms. The summed E-state index contributed by atoms with van der Waals surface area (Å²) in [6.45, 7) is 0. The minimum Gasteiger partial charge on any atom is -0.478 e. The summed E-state index contributed by atoms with van der Waals surface area (Å²) in [4.78, 5) is 11.2. The Bertz CT molecular complexity index is 1110. The number of hydrogen-bond donors (Lipinski definition) is 2. The zero-order chi connectivity index (χ0) is 17.8. The number of aromatic nitrogens is 3. The summed E-state index contributed by atoms with van der Waals surface area (Å²) in [7, 11) is 0. The molecule has 0 atom stereocenters. The molecule has 0 amide bonds. The lowest BCUT2D eigenvalue weighted by atomic mass is 10.1. The van der Waals surface area contributed by atoms with Gasteiger partial charge in [0, 0.05) is 22.7 Å². The zero-order valence-electron chi connectivity index (χ0n) is 12.5. The standard InChI is InChI=1S/C17H10F3N3O2/c18-17(19,20)10-2-4-11(5-3-10)23-14-6-1-9(16(24)25)7-12(14)13-8-21-22-15(13)23/h1-8H,(H,21,22)(H,24,25). The number of benzene rings is 2. The van der Waals surface area contributed by atoms with Crippen LogP contribution in [0, 0.1) is 0 Å². The van der Waals surface area contributed by atoms with Crippen LogP contribution in [-0.2, 0) is 6.18 Å². The van der Waals surface area contributed by atoms with Crippen molar-refractivity contribution in [2.45, 2.75) is 6.18 Å². The molecule has 0 radical (unpaired) electrons. The van der Waals surface area contributed by atoms with Crippen molar-refractivity contribution in [1.82, 2.24) is 14.8 Å². The first kappa shape index (κ1) is 15.3. The first-order chi connectivity index (χ1) is 11.9. The number of H-pyrrole nitrogens is 1. The minimum absolute atomic E-state index is 0.125. The van der Waals surface area contributed by atoms with Gasteiger partial charge in [0.15, 0.2) is 5.65 Å². The van der Waals surface area contributed by atoms with Gasteiger partial charge < -0.3 is 5.11 Å². The normalized spacial score (nSPS) is 12.1. The smallest absolute Gasteiger partial charge is 0.416 e. The quantitative estimate of drug-likeness (QED) is 0.571. The second kappa shape index (κ2) is 5.10. The van der Waals surface area contributed by atoms with Crippen LogP contribution in [0.25, 0.3) is 27.6 Å². The highest BCUT2D eigenvalue weighted by Crippen LogP contribution is 2.33. The summed E-state index contributed by atoms with van der Waals surface area (Å²) >= 11 is 0. The fourth-order valence-electron chi connectivity index (χ4n) is 2.91. The van der Waals surface area contributed by atoms with Crippen LogP contribution in [-0.4, -0.2) is 25.8 Å². The fraction of sp³-hybridized carbons (Fsp3) is 0.0588. The van der Waals surface area contributed by atoms with E-state index in [1.807, 2.05) is 0 Å². The molecule has 0 aliphatic rings. The topological polar surface area (TPSA) is 70.9 Å². The van der Waals surface area contributed by atoms with Crippen molar-refractivity contribution in [3.05, 3.63) is 59.8 Å². The maximum absolute atomic E-state index is 12.8. The van der Waals surface area contributed by atoms with Crippen LogP contribution in [0.5, 0.6) is 0 Å². The minimum atomic E-state index is -4.41. The predicted molar refractivity (Wildman–Crippen MR) is 84.9 cm³/mol. The molecular formula is C17H10F3N3O2. The molecule has 2 aromatic heterocycles. The van der Waals surface area contributed by atoms with Crippen LogP contribution in [0.2, 0.25) is 0 Å². The molecule has 0 spiro atoms. The third-order valence-electron chi connectivity index (χ3n) is 4.06. The highest BCUT2D eigenvalue weighted by Gasteiger charge is 2.30. The van der Waals surface area contributed by atoms with Crippen molar-refractivity contribution in [2.75, 3.05) is 0 Å². The Kier molecular flexibility index (Phi) is 3.11. The van der Waals surface area contributed by atoms with Crippen molar-refractivity contribution in [1.29, 1.82) is 0 Å². The predicted octanol–water partition coefficient (Wildman–Crippen LogP) is 4.22. The molecule has 0 saturated carbocycles. The van der Waals surface area contributed by atoms with Gasteiger partial charge in [0.1, 0.15) is 0 Å². The number of carbonyl (C=O) groups is 1. The lowest BCUT2D eigenvalue weighted by Gasteiger charge is -2.10. The Morgan fingerprint density at radius 2 is 1.80 bits per heavy atom. The van der Waals surface area contributed by atoms with E-state index in [1.54, 1.807) is 16.8 Å². The van der Waals surface area contributed by atoms with Gasteiger partial charge in [-0.15, -0.1) is 0 Å². The van der Waals surface area contributed by atoms with Gasteiger partial charge in [-0.3, -0.25) is 9.67 Å². The average Bonchev–Trinajstić information content (AvgIpc) is 3.14. The van der Waals surface area contributed by atoms with E-state index in [1.165, 1.54) is 24.3 Å². The van der Waals surface area contributed by atoms with Crippen LogP contribution < -0.4 is 0 Å². The molecule has 126 valence electrons. The Hall–Kier alpha value is -3.29. The summed E-state index contributed by atoms with van der Waals surface area (Å²) in [5, 5.41) is 17.4. The maximum atomic E-state index is 12.8. The lowest BCUT2D eigenvalue weighted by Crippen LogP contribution is -2.05. The van der Waals surface area contributed by atoms with Gasteiger partial charge in [0.25, 0.3) is 0 Å². The van der Waals surface area contributed by atoms with E-state index in [0.717, 1.165) is 12.1 Å². The van der Waals surface area contributed by atoms with Gasteiger partial charge in [-0.25, -0.2) is 4.79 Å². The number of aromatic carboxylic acids is 1. The van der Waals surface area contributed by atoms with E-state index >= 15 is 0 Å². The van der Waals surface area contributed by atoms with E-state index < -0.39 is 17.7 Å². The molecule has 0 aliphatic heterocycles. The molecule has 0 bridgehead atoms. The third kappa shape index (κ3) is 2.34. The molecule has 0 unspecified atom stereocenters. The summed E-state index contributed by atoms with van der Waals surface area (Å²) in [6, 6.07) is 9.33. The van der Waals surface area contributed by atoms with Gasteiger partial charge in [-0.2, -0.15) is 18.3 Å².